The molecule has 5 nitrogen and oxygen atoms in total. The minimum Gasteiger partial charge on any atom is -0.390 e. The van der Waals surface area contributed by atoms with Gasteiger partial charge in [-0.15, -0.1) is 0 Å². The van der Waals surface area contributed by atoms with E-state index in [2.05, 4.69) is 4.12 Å². The van der Waals surface area contributed by atoms with E-state index in [0.717, 1.165) is 13.1 Å². The lowest BCUT2D eigenvalue weighted by molar-refractivity contribution is 0.166. The van der Waals surface area contributed by atoms with E-state index in [1.165, 1.54) is 0 Å². The predicted molar refractivity (Wildman–Crippen MR) is 33.2 cm³/mol. The first-order chi connectivity index (χ1) is 3.71. The maximum Gasteiger partial charge on any atom is 0.484 e. The van der Waals surface area contributed by atoms with Crippen LogP contribution in [-0.4, -0.2) is 36.8 Å². The molecule has 0 spiro atoms. The van der Waals surface area contributed by atoms with Crippen molar-refractivity contribution in [1.29, 1.82) is 0 Å². The molecule has 9 heavy (non-hydrogen) atoms. The lowest BCUT2D eigenvalue weighted by Gasteiger charge is -2.18. The van der Waals surface area contributed by atoms with Crippen LogP contribution in [0.4, 0.5) is 0 Å². The molecule has 0 aliphatic heterocycles. The van der Waals surface area contributed by atoms with Crippen molar-refractivity contribution in [2.45, 2.75) is 13.1 Å². The fourth-order valence-corrected chi connectivity index (χ4v) is 3.30. The number of rotatable bonds is 2. The van der Waals surface area contributed by atoms with Gasteiger partial charge < -0.3 is 23.3 Å². The molecule has 0 saturated carbocycles. The summed E-state index contributed by atoms with van der Waals surface area (Å²) in [6.07, 6.45) is 0. The van der Waals surface area contributed by atoms with E-state index >= 15 is 0 Å². The molecular formula is C2H10O5Si2. The van der Waals surface area contributed by atoms with Crippen LogP contribution in [0, 0.1) is 0 Å². The highest BCUT2D eigenvalue weighted by atomic mass is 28.5. The fraction of sp³-hybridized carbons (Fsp3) is 1.00. The van der Waals surface area contributed by atoms with Gasteiger partial charge in [0.15, 0.2) is 0 Å². The first-order valence-corrected chi connectivity index (χ1v) is 6.91. The Hall–Kier alpha value is 0.234. The molecule has 0 amide bonds. The third-order valence-electron chi connectivity index (χ3n) is 0.387. The van der Waals surface area contributed by atoms with E-state index in [-0.39, 0.29) is 0 Å². The average Bonchev–Trinajstić information content (AvgIpc) is 1.14. The average molecular weight is 170 g/mol. The summed E-state index contributed by atoms with van der Waals surface area (Å²) in [5, 5.41) is 0. The molecule has 0 aromatic rings. The minimum absolute atomic E-state index is 1.03. The Morgan fingerprint density at radius 3 is 1.11 bits per heavy atom. The van der Waals surface area contributed by atoms with E-state index in [4.69, 9.17) is 19.2 Å². The van der Waals surface area contributed by atoms with Gasteiger partial charge in [-0.2, -0.15) is 0 Å². The molecule has 0 saturated heterocycles. The van der Waals surface area contributed by atoms with Crippen molar-refractivity contribution in [3.8, 4) is 0 Å². The van der Waals surface area contributed by atoms with Gasteiger partial charge in [0.25, 0.3) is 0 Å². The molecule has 4 N–H and O–H groups in total. The van der Waals surface area contributed by atoms with Crippen LogP contribution >= 0.6 is 0 Å². The molecule has 0 aromatic heterocycles. The van der Waals surface area contributed by atoms with Crippen molar-refractivity contribution in [2.24, 2.45) is 0 Å². The summed E-state index contributed by atoms with van der Waals surface area (Å²) in [5.41, 5.74) is 0. The van der Waals surface area contributed by atoms with E-state index in [0.29, 0.717) is 0 Å². The molecule has 0 aliphatic carbocycles. The predicted octanol–water partition coefficient (Wildman–Crippen LogP) is -1.89. The second-order valence-corrected chi connectivity index (χ2v) is 6.52. The van der Waals surface area contributed by atoms with Crippen molar-refractivity contribution in [3.63, 3.8) is 0 Å². The van der Waals surface area contributed by atoms with Gasteiger partial charge in [-0.3, -0.25) is 0 Å². The number of hydrogen-bond acceptors (Lipinski definition) is 5. The van der Waals surface area contributed by atoms with E-state index in [9.17, 15) is 0 Å². The maximum atomic E-state index is 8.54. The van der Waals surface area contributed by atoms with Crippen LogP contribution in [0.3, 0.4) is 0 Å². The highest BCUT2D eigenvalue weighted by Crippen LogP contribution is 2.01. The second kappa shape index (κ2) is 2.46. The van der Waals surface area contributed by atoms with Gasteiger partial charge in [-0.05, 0) is 0 Å². The Morgan fingerprint density at radius 1 is 0.889 bits per heavy atom. The molecule has 0 unspecified atom stereocenters. The van der Waals surface area contributed by atoms with Crippen molar-refractivity contribution < 1.29 is 23.3 Å². The SMILES string of the molecule is C[Si](O)(O)O[Si](C)(O)O. The van der Waals surface area contributed by atoms with Crippen LogP contribution in [0.2, 0.25) is 13.1 Å². The van der Waals surface area contributed by atoms with E-state index in [1.807, 2.05) is 0 Å². The number of hydrogen-bond donors (Lipinski definition) is 4. The Bertz CT molecular complexity index is 78.1. The minimum atomic E-state index is -3.73. The van der Waals surface area contributed by atoms with Crippen LogP contribution in [0.5, 0.6) is 0 Å². The monoisotopic (exact) mass is 170 g/mol. The molecule has 7 heteroatoms. The van der Waals surface area contributed by atoms with Crippen LogP contribution in [0.15, 0.2) is 0 Å². The van der Waals surface area contributed by atoms with Crippen molar-refractivity contribution >= 4 is 17.6 Å². The molecule has 0 rings (SSSR count). The molecule has 56 valence electrons. The second-order valence-electron chi connectivity index (χ2n) is 1.97. The Labute approximate surface area is 54.9 Å². The van der Waals surface area contributed by atoms with Crippen LogP contribution in [0.1, 0.15) is 0 Å². The fourth-order valence-electron chi connectivity index (χ4n) is 0.366. The van der Waals surface area contributed by atoms with Crippen LogP contribution < -0.4 is 0 Å². The quantitative estimate of drug-likeness (QED) is 0.364. The Balaban J connectivity index is 3.75. The summed E-state index contributed by atoms with van der Waals surface area (Å²) in [6, 6.07) is 0. The van der Waals surface area contributed by atoms with Gasteiger partial charge >= 0.3 is 17.6 Å². The molecule has 0 aliphatic rings. The first-order valence-electron chi connectivity index (χ1n) is 2.30. The van der Waals surface area contributed by atoms with Crippen LogP contribution in [0.25, 0.3) is 0 Å². The summed E-state index contributed by atoms with van der Waals surface area (Å²) in [4.78, 5) is 34.2. The largest absolute Gasteiger partial charge is 0.484 e. The third-order valence-corrected chi connectivity index (χ3v) is 3.48. The zero-order valence-corrected chi connectivity index (χ0v) is 7.20. The summed E-state index contributed by atoms with van der Waals surface area (Å²) >= 11 is 0. The van der Waals surface area contributed by atoms with Gasteiger partial charge in [0, 0.05) is 13.1 Å². The molecular weight excluding hydrogens is 160 g/mol. The highest BCUT2D eigenvalue weighted by molar-refractivity contribution is 6.70. The third kappa shape index (κ3) is 8.23. The molecule has 0 atom stereocenters. The molecule has 0 aromatic carbocycles. The zero-order chi connectivity index (χ0) is 7.71. The molecule has 0 heterocycles. The van der Waals surface area contributed by atoms with Gasteiger partial charge in [0.05, 0.1) is 0 Å². The Morgan fingerprint density at radius 2 is 1.11 bits per heavy atom. The topological polar surface area (TPSA) is 90.2 Å². The van der Waals surface area contributed by atoms with Crippen molar-refractivity contribution in [3.05, 3.63) is 0 Å². The van der Waals surface area contributed by atoms with E-state index < -0.39 is 17.6 Å². The first kappa shape index (κ1) is 9.23. The summed E-state index contributed by atoms with van der Waals surface area (Å²) in [6.45, 7) is 2.06. The lowest BCUT2D eigenvalue weighted by Crippen LogP contribution is -2.49. The van der Waals surface area contributed by atoms with Gasteiger partial charge in [-0.1, -0.05) is 0 Å². The zero-order valence-electron chi connectivity index (χ0n) is 5.20. The maximum absolute atomic E-state index is 8.54. The van der Waals surface area contributed by atoms with E-state index in [1.54, 1.807) is 0 Å². The van der Waals surface area contributed by atoms with Gasteiger partial charge in [0.2, 0.25) is 0 Å². The molecule has 0 radical (unpaired) electrons. The normalized spacial score (nSPS) is 14.0. The van der Waals surface area contributed by atoms with Gasteiger partial charge in [0.1, 0.15) is 0 Å². The van der Waals surface area contributed by atoms with Gasteiger partial charge in [-0.25, -0.2) is 0 Å². The lowest BCUT2D eigenvalue weighted by atomic mass is 11.9. The Kier molecular flexibility index (Phi) is 2.52. The molecule has 0 bridgehead atoms. The van der Waals surface area contributed by atoms with Crippen molar-refractivity contribution in [2.75, 3.05) is 0 Å². The standard InChI is InChI=1S/C2H10O5Si2/c1-8(3,4)7-9(2,5)6/h3-6H,1-2H3. The smallest absolute Gasteiger partial charge is 0.390 e. The highest BCUT2D eigenvalue weighted by Gasteiger charge is 2.37. The summed E-state index contributed by atoms with van der Waals surface area (Å²) in [7, 11) is -7.46. The van der Waals surface area contributed by atoms with Crippen molar-refractivity contribution in [1.82, 2.24) is 0 Å². The van der Waals surface area contributed by atoms with Crippen LogP contribution in [-0.2, 0) is 4.12 Å². The summed E-state index contributed by atoms with van der Waals surface area (Å²) < 4.78 is 4.12. The summed E-state index contributed by atoms with van der Waals surface area (Å²) in [5.74, 6) is 0. The molecule has 0 fully saturated rings.